The van der Waals surface area contributed by atoms with Crippen LogP contribution in [0, 0.1) is 12.3 Å². The third kappa shape index (κ3) is 4.83. The molecule has 2 heterocycles. The maximum atomic E-state index is 13.2. The summed E-state index contributed by atoms with van der Waals surface area (Å²) in [5.74, 6) is 0.287. The van der Waals surface area contributed by atoms with E-state index >= 15 is 0 Å². The van der Waals surface area contributed by atoms with Gasteiger partial charge in [-0.05, 0) is 44.5 Å². The van der Waals surface area contributed by atoms with Crippen molar-refractivity contribution in [1.29, 1.82) is 0 Å². The summed E-state index contributed by atoms with van der Waals surface area (Å²) >= 11 is 0. The lowest BCUT2D eigenvalue weighted by Crippen LogP contribution is -2.56. The number of amides is 1. The number of piperazine rings is 1. The van der Waals surface area contributed by atoms with E-state index in [2.05, 4.69) is 46.3 Å². The standard InChI is InChI=1S/C19H29N3O2.2ClH/c1-16-5-3-4-6-17(16)21-11-13-22(14-12-21)18(23)19(15-24-2)7-9-20-10-8-19;;/h3-6,20H,7-15H2,1-2H3;2*1H. The Morgan fingerprint density at radius 1 is 1.12 bits per heavy atom. The molecule has 2 aliphatic rings. The number of piperidine rings is 1. The summed E-state index contributed by atoms with van der Waals surface area (Å²) in [4.78, 5) is 17.6. The van der Waals surface area contributed by atoms with Gasteiger partial charge in [0, 0.05) is 39.0 Å². The Morgan fingerprint density at radius 2 is 1.73 bits per heavy atom. The van der Waals surface area contributed by atoms with Gasteiger partial charge in [0.2, 0.25) is 5.91 Å². The van der Waals surface area contributed by atoms with Crippen molar-refractivity contribution in [3.63, 3.8) is 0 Å². The fraction of sp³-hybridized carbons (Fsp3) is 0.632. The molecule has 1 amide bonds. The molecule has 2 fully saturated rings. The van der Waals surface area contributed by atoms with Gasteiger partial charge in [0.15, 0.2) is 0 Å². The molecule has 0 aliphatic carbocycles. The largest absolute Gasteiger partial charge is 0.384 e. The number of aryl methyl sites for hydroxylation is 1. The second-order valence-corrected chi connectivity index (χ2v) is 7.03. The maximum Gasteiger partial charge on any atom is 0.231 e. The van der Waals surface area contributed by atoms with Gasteiger partial charge in [0.1, 0.15) is 0 Å². The van der Waals surface area contributed by atoms with E-state index in [-0.39, 0.29) is 36.1 Å². The first-order chi connectivity index (χ1) is 11.7. The second-order valence-electron chi connectivity index (χ2n) is 7.03. The van der Waals surface area contributed by atoms with Gasteiger partial charge >= 0.3 is 0 Å². The molecule has 7 heteroatoms. The predicted molar refractivity (Wildman–Crippen MR) is 111 cm³/mol. The van der Waals surface area contributed by atoms with Gasteiger partial charge in [-0.25, -0.2) is 0 Å². The molecule has 26 heavy (non-hydrogen) atoms. The number of carbonyl (C=O) groups excluding carboxylic acids is 1. The van der Waals surface area contributed by atoms with Crippen molar-refractivity contribution >= 4 is 36.4 Å². The van der Waals surface area contributed by atoms with Crippen LogP contribution >= 0.6 is 24.8 Å². The number of nitrogens with one attached hydrogen (secondary N) is 1. The van der Waals surface area contributed by atoms with E-state index in [4.69, 9.17) is 4.74 Å². The van der Waals surface area contributed by atoms with E-state index in [9.17, 15) is 4.79 Å². The Kier molecular flexibility index (Phi) is 9.17. The van der Waals surface area contributed by atoms with Crippen LogP contribution in [0.3, 0.4) is 0 Å². The van der Waals surface area contributed by atoms with E-state index in [1.807, 2.05) is 0 Å². The highest BCUT2D eigenvalue weighted by Gasteiger charge is 2.42. The van der Waals surface area contributed by atoms with Crippen molar-refractivity contribution < 1.29 is 9.53 Å². The van der Waals surface area contributed by atoms with Gasteiger partial charge in [-0.2, -0.15) is 0 Å². The molecular formula is C19H31Cl2N3O2. The van der Waals surface area contributed by atoms with Gasteiger partial charge in [-0.3, -0.25) is 4.79 Å². The molecule has 1 aromatic carbocycles. The molecule has 3 rings (SSSR count). The molecule has 0 radical (unpaired) electrons. The summed E-state index contributed by atoms with van der Waals surface area (Å²) < 4.78 is 5.42. The third-order valence-electron chi connectivity index (χ3n) is 5.46. The topological polar surface area (TPSA) is 44.8 Å². The number of hydrogen-bond acceptors (Lipinski definition) is 4. The quantitative estimate of drug-likeness (QED) is 0.838. The SMILES string of the molecule is COCC1(C(=O)N2CCN(c3ccccc3C)CC2)CCNCC1.Cl.Cl. The van der Waals surface area contributed by atoms with Crippen molar-refractivity contribution in [2.24, 2.45) is 5.41 Å². The number of carbonyl (C=O) groups is 1. The zero-order valence-electron chi connectivity index (χ0n) is 15.7. The van der Waals surface area contributed by atoms with Crippen LogP contribution in [-0.4, -0.2) is 63.8 Å². The van der Waals surface area contributed by atoms with Crippen LogP contribution in [0.4, 0.5) is 5.69 Å². The minimum absolute atomic E-state index is 0. The number of halogens is 2. The number of anilines is 1. The van der Waals surface area contributed by atoms with Crippen LogP contribution in [0.25, 0.3) is 0 Å². The van der Waals surface area contributed by atoms with Crippen LogP contribution in [-0.2, 0) is 9.53 Å². The zero-order chi connectivity index (χ0) is 17.0. The number of para-hydroxylation sites is 1. The highest BCUT2D eigenvalue weighted by Crippen LogP contribution is 2.32. The van der Waals surface area contributed by atoms with Gasteiger partial charge in [0.05, 0.1) is 12.0 Å². The normalized spacial score (nSPS) is 19.3. The van der Waals surface area contributed by atoms with E-state index in [1.54, 1.807) is 7.11 Å². The van der Waals surface area contributed by atoms with Crippen LogP contribution in [0.2, 0.25) is 0 Å². The number of rotatable bonds is 4. The highest BCUT2D eigenvalue weighted by molar-refractivity contribution is 5.85. The van der Waals surface area contributed by atoms with Gasteiger partial charge < -0.3 is 19.9 Å². The van der Waals surface area contributed by atoms with Crippen molar-refractivity contribution in [1.82, 2.24) is 10.2 Å². The second kappa shape index (κ2) is 10.4. The Balaban J connectivity index is 0.00000169. The van der Waals surface area contributed by atoms with Crippen LogP contribution < -0.4 is 10.2 Å². The highest BCUT2D eigenvalue weighted by atomic mass is 35.5. The summed E-state index contributed by atoms with van der Waals surface area (Å²) in [5.41, 5.74) is 2.26. The fourth-order valence-corrected chi connectivity index (χ4v) is 4.01. The number of benzene rings is 1. The Labute approximate surface area is 169 Å². The minimum Gasteiger partial charge on any atom is -0.384 e. The lowest BCUT2D eigenvalue weighted by atomic mass is 9.78. The molecule has 1 N–H and O–H groups in total. The monoisotopic (exact) mass is 403 g/mol. The van der Waals surface area contributed by atoms with Gasteiger partial charge in [0.25, 0.3) is 0 Å². The van der Waals surface area contributed by atoms with Crippen molar-refractivity contribution in [3.8, 4) is 0 Å². The molecule has 5 nitrogen and oxygen atoms in total. The van der Waals surface area contributed by atoms with E-state index < -0.39 is 0 Å². The molecule has 0 spiro atoms. The maximum absolute atomic E-state index is 13.2. The first kappa shape index (κ1) is 23.0. The van der Waals surface area contributed by atoms with Gasteiger partial charge in [-0.15, -0.1) is 24.8 Å². The predicted octanol–water partition coefficient (Wildman–Crippen LogP) is 2.50. The first-order valence-corrected chi connectivity index (χ1v) is 8.96. The molecule has 1 aromatic rings. The fourth-order valence-electron chi connectivity index (χ4n) is 4.01. The zero-order valence-corrected chi connectivity index (χ0v) is 17.3. The van der Waals surface area contributed by atoms with Crippen LogP contribution in [0.5, 0.6) is 0 Å². The average Bonchev–Trinajstić information content (AvgIpc) is 2.63. The minimum atomic E-state index is -0.329. The number of methoxy groups -OCH3 is 1. The number of hydrogen-bond donors (Lipinski definition) is 1. The Morgan fingerprint density at radius 3 is 2.31 bits per heavy atom. The molecule has 0 saturated carbocycles. The van der Waals surface area contributed by atoms with Crippen molar-refractivity contribution in [2.45, 2.75) is 19.8 Å². The lowest BCUT2D eigenvalue weighted by Gasteiger charge is -2.43. The third-order valence-corrected chi connectivity index (χ3v) is 5.46. The van der Waals surface area contributed by atoms with E-state index in [0.29, 0.717) is 6.61 Å². The summed E-state index contributed by atoms with van der Waals surface area (Å²) in [7, 11) is 1.70. The molecule has 148 valence electrons. The Hall–Kier alpha value is -1.01. The molecule has 0 atom stereocenters. The lowest BCUT2D eigenvalue weighted by molar-refractivity contribution is -0.147. The molecule has 2 aliphatic heterocycles. The van der Waals surface area contributed by atoms with E-state index in [1.165, 1.54) is 11.3 Å². The number of ether oxygens (including phenoxy) is 1. The first-order valence-electron chi connectivity index (χ1n) is 8.96. The van der Waals surface area contributed by atoms with Crippen molar-refractivity contribution in [3.05, 3.63) is 29.8 Å². The summed E-state index contributed by atoms with van der Waals surface area (Å²) in [5, 5.41) is 3.36. The molecular weight excluding hydrogens is 373 g/mol. The molecule has 2 saturated heterocycles. The number of nitrogens with zero attached hydrogens (tertiary/aromatic N) is 2. The summed E-state index contributed by atoms with van der Waals surface area (Å²) in [6, 6.07) is 8.48. The Bertz CT molecular complexity index is 566. The molecule has 0 unspecified atom stereocenters. The van der Waals surface area contributed by atoms with Crippen molar-refractivity contribution in [2.75, 3.05) is 57.9 Å². The summed E-state index contributed by atoms with van der Waals surface area (Å²) in [6.07, 6.45) is 1.75. The molecule has 0 aromatic heterocycles. The smallest absolute Gasteiger partial charge is 0.231 e. The van der Waals surface area contributed by atoms with Gasteiger partial charge in [-0.1, -0.05) is 18.2 Å². The molecule has 0 bridgehead atoms. The average molecular weight is 404 g/mol. The van der Waals surface area contributed by atoms with Crippen LogP contribution in [0.1, 0.15) is 18.4 Å². The van der Waals surface area contributed by atoms with Crippen LogP contribution in [0.15, 0.2) is 24.3 Å². The summed E-state index contributed by atoms with van der Waals surface area (Å²) in [6.45, 7) is 7.88. The van der Waals surface area contributed by atoms with E-state index in [0.717, 1.165) is 52.1 Å².